The van der Waals surface area contributed by atoms with Gasteiger partial charge in [0, 0.05) is 0 Å². The summed E-state index contributed by atoms with van der Waals surface area (Å²) in [5.41, 5.74) is 1.49. The van der Waals surface area contributed by atoms with Crippen LogP contribution in [0.3, 0.4) is 0 Å². The zero-order chi connectivity index (χ0) is 11.2. The van der Waals surface area contributed by atoms with E-state index in [-0.39, 0.29) is 0 Å². The van der Waals surface area contributed by atoms with Gasteiger partial charge < -0.3 is 0 Å². The molecule has 1 fully saturated rings. The Morgan fingerprint density at radius 1 is 1.06 bits per heavy atom. The first-order chi connectivity index (χ1) is 7.90. The molecule has 0 N–H and O–H groups in total. The zero-order valence-corrected chi connectivity index (χ0v) is 10.2. The second kappa shape index (κ2) is 6.08. The van der Waals surface area contributed by atoms with Crippen LogP contribution in [0.4, 0.5) is 0 Å². The van der Waals surface area contributed by atoms with Crippen molar-refractivity contribution in [3.63, 3.8) is 0 Å². The first-order valence-corrected chi connectivity index (χ1v) is 6.74. The highest BCUT2D eigenvalue weighted by Crippen LogP contribution is 2.34. The lowest BCUT2D eigenvalue weighted by Gasteiger charge is -2.26. The molecule has 0 aromatic heterocycles. The van der Waals surface area contributed by atoms with Crippen molar-refractivity contribution >= 4 is 0 Å². The maximum Gasteiger partial charge on any atom is -0.0159 e. The van der Waals surface area contributed by atoms with Crippen LogP contribution >= 0.6 is 0 Å². The van der Waals surface area contributed by atoms with E-state index in [1.807, 2.05) is 0 Å². The molecule has 1 aliphatic rings. The van der Waals surface area contributed by atoms with Crippen molar-refractivity contribution in [1.82, 2.24) is 0 Å². The Morgan fingerprint density at radius 2 is 1.75 bits per heavy atom. The van der Waals surface area contributed by atoms with Gasteiger partial charge in [-0.1, -0.05) is 69.4 Å². The molecular weight excluding hydrogens is 192 g/mol. The van der Waals surface area contributed by atoms with Gasteiger partial charge in [-0.05, 0) is 30.2 Å². The smallest absolute Gasteiger partial charge is 0.0159 e. The van der Waals surface area contributed by atoms with E-state index in [1.54, 1.807) is 0 Å². The van der Waals surface area contributed by atoms with E-state index in [0.29, 0.717) is 5.92 Å². The molecule has 1 atom stereocenters. The van der Waals surface area contributed by atoms with E-state index in [9.17, 15) is 0 Å². The van der Waals surface area contributed by atoms with Crippen molar-refractivity contribution in [1.29, 1.82) is 0 Å². The number of hydrogen-bond donors (Lipinski definition) is 0. The van der Waals surface area contributed by atoms with E-state index in [1.165, 1.54) is 44.1 Å². The minimum Gasteiger partial charge on any atom is -0.0622 e. The Morgan fingerprint density at radius 3 is 2.38 bits per heavy atom. The van der Waals surface area contributed by atoms with Crippen LogP contribution in [0.1, 0.15) is 56.4 Å². The monoisotopic (exact) mass is 215 g/mol. The summed E-state index contributed by atoms with van der Waals surface area (Å²) in [5.74, 6) is 1.64. The molecule has 1 aromatic rings. The van der Waals surface area contributed by atoms with E-state index in [2.05, 4.69) is 37.3 Å². The van der Waals surface area contributed by atoms with Gasteiger partial charge in [-0.2, -0.15) is 0 Å². The second-order valence-electron chi connectivity index (χ2n) is 5.14. The summed E-state index contributed by atoms with van der Waals surface area (Å²) in [6.45, 7) is 4.13. The van der Waals surface area contributed by atoms with Gasteiger partial charge >= 0.3 is 0 Å². The average molecular weight is 215 g/mol. The Hall–Kier alpha value is -0.780. The molecule has 0 heterocycles. The first kappa shape index (κ1) is 11.7. The number of hydrogen-bond acceptors (Lipinski definition) is 0. The van der Waals surface area contributed by atoms with Gasteiger partial charge in [0.05, 0.1) is 0 Å². The van der Waals surface area contributed by atoms with E-state index >= 15 is 0 Å². The summed E-state index contributed by atoms with van der Waals surface area (Å²) in [7, 11) is 0. The quantitative estimate of drug-likeness (QED) is 0.665. The zero-order valence-electron chi connectivity index (χ0n) is 10.2. The molecule has 0 spiro atoms. The molecule has 0 amide bonds. The van der Waals surface area contributed by atoms with Crippen molar-refractivity contribution in [2.45, 2.75) is 50.9 Å². The van der Waals surface area contributed by atoms with E-state index in [4.69, 9.17) is 0 Å². The topological polar surface area (TPSA) is 0 Å². The maximum absolute atomic E-state index is 4.13. The molecular formula is C16H23. The second-order valence-corrected chi connectivity index (χ2v) is 5.14. The molecule has 0 saturated heterocycles. The fourth-order valence-corrected chi connectivity index (χ4v) is 2.97. The summed E-state index contributed by atoms with van der Waals surface area (Å²) in [6, 6.07) is 10.9. The maximum atomic E-state index is 4.13. The summed E-state index contributed by atoms with van der Waals surface area (Å²) in [5, 5.41) is 0. The highest BCUT2D eigenvalue weighted by Gasteiger charge is 2.18. The van der Waals surface area contributed by atoms with Crippen LogP contribution in [-0.4, -0.2) is 0 Å². The van der Waals surface area contributed by atoms with Crippen molar-refractivity contribution in [3.05, 3.63) is 42.8 Å². The van der Waals surface area contributed by atoms with Crippen molar-refractivity contribution in [2.24, 2.45) is 5.92 Å². The minimum atomic E-state index is 0.685. The molecule has 1 aromatic carbocycles. The van der Waals surface area contributed by atoms with Gasteiger partial charge in [-0.15, -0.1) is 0 Å². The van der Waals surface area contributed by atoms with E-state index < -0.39 is 0 Å². The van der Waals surface area contributed by atoms with Gasteiger partial charge in [-0.25, -0.2) is 0 Å². The van der Waals surface area contributed by atoms with Crippen molar-refractivity contribution in [3.8, 4) is 0 Å². The van der Waals surface area contributed by atoms with Gasteiger partial charge in [0.1, 0.15) is 0 Å². The normalized spacial score (nSPS) is 19.6. The van der Waals surface area contributed by atoms with Crippen LogP contribution < -0.4 is 0 Å². The standard InChI is InChI=1S/C16H23/c1-2-15(16-11-7-4-8-12-16)13-14-9-5-3-6-10-14/h4,7-8,11-12,14-15H,1-3,5-6,9-10,13H2. The highest BCUT2D eigenvalue weighted by molar-refractivity contribution is 5.19. The lowest BCUT2D eigenvalue weighted by molar-refractivity contribution is 0.317. The SMILES string of the molecule is [CH2]CC(CC1CCCCC1)c1ccccc1. The third-order valence-corrected chi connectivity index (χ3v) is 3.96. The van der Waals surface area contributed by atoms with Crippen LogP contribution in [0.5, 0.6) is 0 Å². The third-order valence-electron chi connectivity index (χ3n) is 3.96. The van der Waals surface area contributed by atoms with Gasteiger partial charge in [-0.3, -0.25) is 0 Å². The minimum absolute atomic E-state index is 0.685. The Bertz CT molecular complexity index is 282. The summed E-state index contributed by atoms with van der Waals surface area (Å²) in [4.78, 5) is 0. The molecule has 87 valence electrons. The van der Waals surface area contributed by atoms with Gasteiger partial charge in [0.15, 0.2) is 0 Å². The van der Waals surface area contributed by atoms with Gasteiger partial charge in [0.25, 0.3) is 0 Å². The highest BCUT2D eigenvalue weighted by atomic mass is 14.2. The van der Waals surface area contributed by atoms with Crippen LogP contribution in [0.25, 0.3) is 0 Å². The lowest BCUT2D eigenvalue weighted by atomic mass is 9.80. The predicted octanol–water partition coefficient (Wildman–Crippen LogP) is 4.96. The Labute approximate surface area is 100 Å². The fourth-order valence-electron chi connectivity index (χ4n) is 2.97. The molecule has 0 nitrogen and oxygen atoms in total. The van der Waals surface area contributed by atoms with Crippen molar-refractivity contribution in [2.75, 3.05) is 0 Å². The predicted molar refractivity (Wildman–Crippen MR) is 70.3 cm³/mol. The van der Waals surface area contributed by atoms with Crippen molar-refractivity contribution < 1.29 is 0 Å². The molecule has 0 bridgehead atoms. The molecule has 2 rings (SSSR count). The van der Waals surface area contributed by atoms with Crippen LogP contribution in [-0.2, 0) is 0 Å². The number of rotatable bonds is 4. The Balaban J connectivity index is 1.94. The molecule has 1 radical (unpaired) electrons. The molecule has 0 heteroatoms. The summed E-state index contributed by atoms with van der Waals surface area (Å²) >= 11 is 0. The van der Waals surface area contributed by atoms with Crippen LogP contribution in [0.2, 0.25) is 0 Å². The average Bonchev–Trinajstić information content (AvgIpc) is 2.38. The van der Waals surface area contributed by atoms with Crippen LogP contribution in [0, 0.1) is 12.8 Å². The van der Waals surface area contributed by atoms with Crippen LogP contribution in [0.15, 0.2) is 30.3 Å². The third kappa shape index (κ3) is 3.10. The summed E-state index contributed by atoms with van der Waals surface area (Å²) < 4.78 is 0. The van der Waals surface area contributed by atoms with E-state index in [0.717, 1.165) is 12.3 Å². The first-order valence-electron chi connectivity index (χ1n) is 6.74. The largest absolute Gasteiger partial charge is 0.0622 e. The molecule has 1 aliphatic carbocycles. The number of benzene rings is 1. The summed E-state index contributed by atoms with van der Waals surface area (Å²) in [6.07, 6.45) is 9.64. The molecule has 1 unspecified atom stereocenters. The van der Waals surface area contributed by atoms with Gasteiger partial charge in [0.2, 0.25) is 0 Å². The molecule has 1 saturated carbocycles. The fraction of sp³-hybridized carbons (Fsp3) is 0.562. The molecule has 16 heavy (non-hydrogen) atoms. The molecule has 0 aliphatic heterocycles. The lowest BCUT2D eigenvalue weighted by Crippen LogP contribution is -2.11. The Kier molecular flexibility index (Phi) is 4.44.